The first-order valence-corrected chi connectivity index (χ1v) is 11.2. The van der Waals surface area contributed by atoms with Crippen LogP contribution in [0.1, 0.15) is 25.0 Å². The Hall–Kier alpha value is -2.10. The zero-order valence-electron chi connectivity index (χ0n) is 16.4. The maximum Gasteiger partial charge on any atom is 0.326 e. The van der Waals surface area contributed by atoms with Gasteiger partial charge in [-0.3, -0.25) is 14.7 Å². The standard InChI is InChI=1S/C20H26N6O2S/c1-11-13(5-3-8-22-11)26-14-6-9-23-19-15(14)16(25-20(26)28)17(29-19)18(27)24-12-4-2-7-21-10-12/h3,5,8,12,14-15,19,21,23H,2,4,6-7,9-10H2,1H3,(H,24,27)(H,25,28)/t12-,14?,15?,19?/m1/s1. The molecule has 5 rings (SSSR count). The summed E-state index contributed by atoms with van der Waals surface area (Å²) in [5.41, 5.74) is 2.45. The Bertz CT molecular complexity index is 868. The minimum atomic E-state index is -0.176. The number of amides is 3. The molecule has 0 saturated carbocycles. The van der Waals surface area contributed by atoms with Gasteiger partial charge in [-0.05, 0) is 51.4 Å². The van der Waals surface area contributed by atoms with E-state index in [9.17, 15) is 9.59 Å². The number of urea groups is 1. The molecule has 0 aromatic carbocycles. The molecular weight excluding hydrogens is 388 g/mol. The summed E-state index contributed by atoms with van der Waals surface area (Å²) in [7, 11) is 0. The van der Waals surface area contributed by atoms with Gasteiger partial charge in [0.25, 0.3) is 5.91 Å². The number of thioether (sulfide) groups is 1. The van der Waals surface area contributed by atoms with E-state index in [-0.39, 0.29) is 35.3 Å². The Morgan fingerprint density at radius 3 is 3.03 bits per heavy atom. The van der Waals surface area contributed by atoms with Gasteiger partial charge in [0.1, 0.15) is 0 Å². The fourth-order valence-electron chi connectivity index (χ4n) is 4.86. The fourth-order valence-corrected chi connectivity index (χ4v) is 6.26. The van der Waals surface area contributed by atoms with Crippen molar-refractivity contribution in [3.05, 3.63) is 34.6 Å². The summed E-state index contributed by atoms with van der Waals surface area (Å²) >= 11 is 1.55. The molecule has 5 heterocycles. The molecule has 3 unspecified atom stereocenters. The summed E-state index contributed by atoms with van der Waals surface area (Å²) in [6.07, 6.45) is 4.63. The number of carbonyl (C=O) groups excluding carboxylic acids is 2. The lowest BCUT2D eigenvalue weighted by Crippen LogP contribution is -2.62. The number of hydrogen-bond acceptors (Lipinski definition) is 6. The Morgan fingerprint density at radius 2 is 2.24 bits per heavy atom. The minimum Gasteiger partial charge on any atom is -0.348 e. The third-order valence-electron chi connectivity index (χ3n) is 6.22. The van der Waals surface area contributed by atoms with E-state index >= 15 is 0 Å². The van der Waals surface area contributed by atoms with Crippen molar-refractivity contribution in [2.45, 2.75) is 43.6 Å². The highest BCUT2D eigenvalue weighted by Gasteiger charge is 2.52. The number of nitrogens with zero attached hydrogens (tertiary/aromatic N) is 2. The van der Waals surface area contributed by atoms with E-state index < -0.39 is 0 Å². The van der Waals surface area contributed by atoms with Gasteiger partial charge in [-0.2, -0.15) is 0 Å². The molecule has 0 bridgehead atoms. The van der Waals surface area contributed by atoms with Crippen LogP contribution in [-0.4, -0.2) is 54.0 Å². The van der Waals surface area contributed by atoms with Crippen molar-refractivity contribution < 1.29 is 9.59 Å². The number of nitrogens with one attached hydrogen (secondary N) is 4. The molecule has 4 aliphatic rings. The van der Waals surface area contributed by atoms with Crippen molar-refractivity contribution in [2.24, 2.45) is 5.92 Å². The topological polar surface area (TPSA) is 98.4 Å². The molecule has 0 spiro atoms. The van der Waals surface area contributed by atoms with Crippen LogP contribution in [-0.2, 0) is 4.79 Å². The van der Waals surface area contributed by atoms with Gasteiger partial charge >= 0.3 is 6.03 Å². The molecule has 0 aliphatic carbocycles. The molecule has 4 aliphatic heterocycles. The molecule has 9 heteroatoms. The smallest absolute Gasteiger partial charge is 0.326 e. The Morgan fingerprint density at radius 1 is 1.34 bits per heavy atom. The largest absolute Gasteiger partial charge is 0.348 e. The van der Waals surface area contributed by atoms with Crippen LogP contribution in [0.2, 0.25) is 0 Å². The van der Waals surface area contributed by atoms with E-state index in [1.807, 2.05) is 24.0 Å². The van der Waals surface area contributed by atoms with Crippen LogP contribution in [0.15, 0.2) is 28.9 Å². The fraction of sp³-hybridized carbons (Fsp3) is 0.550. The van der Waals surface area contributed by atoms with Gasteiger partial charge in [0, 0.05) is 30.4 Å². The molecule has 0 radical (unpaired) electrons. The van der Waals surface area contributed by atoms with Gasteiger partial charge < -0.3 is 21.3 Å². The zero-order chi connectivity index (χ0) is 20.0. The first kappa shape index (κ1) is 18.9. The van der Waals surface area contributed by atoms with Crippen LogP contribution in [0.5, 0.6) is 0 Å². The molecule has 29 heavy (non-hydrogen) atoms. The van der Waals surface area contributed by atoms with Crippen LogP contribution in [0, 0.1) is 12.8 Å². The summed E-state index contributed by atoms with van der Waals surface area (Å²) in [5, 5.41) is 13.2. The van der Waals surface area contributed by atoms with E-state index in [1.165, 1.54) is 0 Å². The van der Waals surface area contributed by atoms with E-state index in [0.29, 0.717) is 4.91 Å². The van der Waals surface area contributed by atoms with Crippen molar-refractivity contribution >= 4 is 29.4 Å². The number of carbonyl (C=O) groups is 2. The molecule has 3 fully saturated rings. The van der Waals surface area contributed by atoms with Crippen molar-refractivity contribution in [3.63, 3.8) is 0 Å². The second kappa shape index (κ2) is 7.62. The molecule has 4 N–H and O–H groups in total. The van der Waals surface area contributed by atoms with Crippen LogP contribution < -0.4 is 26.2 Å². The molecule has 154 valence electrons. The number of pyridine rings is 1. The van der Waals surface area contributed by atoms with Crippen LogP contribution in [0.4, 0.5) is 10.5 Å². The average Bonchev–Trinajstić information content (AvgIpc) is 3.10. The second-order valence-corrected chi connectivity index (χ2v) is 9.19. The molecule has 8 nitrogen and oxygen atoms in total. The first-order chi connectivity index (χ1) is 14.1. The maximum absolute atomic E-state index is 13.1. The third kappa shape index (κ3) is 3.31. The van der Waals surface area contributed by atoms with E-state index in [2.05, 4.69) is 26.3 Å². The molecule has 3 amide bonds. The number of aryl methyl sites for hydroxylation is 1. The Balaban J connectivity index is 1.45. The predicted molar refractivity (Wildman–Crippen MR) is 112 cm³/mol. The summed E-state index contributed by atoms with van der Waals surface area (Å²) in [6, 6.07) is 3.79. The highest BCUT2D eigenvalue weighted by molar-refractivity contribution is 8.04. The van der Waals surface area contributed by atoms with Gasteiger partial charge in [0.2, 0.25) is 0 Å². The quantitative estimate of drug-likeness (QED) is 0.590. The number of rotatable bonds is 3. The molecule has 1 aromatic rings. The van der Waals surface area contributed by atoms with Crippen LogP contribution in [0.25, 0.3) is 0 Å². The van der Waals surface area contributed by atoms with Crippen molar-refractivity contribution in [1.82, 2.24) is 26.3 Å². The third-order valence-corrected chi connectivity index (χ3v) is 7.57. The van der Waals surface area contributed by atoms with Gasteiger partial charge in [-0.15, -0.1) is 0 Å². The lowest BCUT2D eigenvalue weighted by molar-refractivity contribution is -0.117. The summed E-state index contributed by atoms with van der Waals surface area (Å²) in [5.74, 6) is -0.00348. The van der Waals surface area contributed by atoms with Gasteiger partial charge in [-0.1, -0.05) is 11.8 Å². The van der Waals surface area contributed by atoms with Crippen molar-refractivity contribution in [1.29, 1.82) is 0 Å². The Labute approximate surface area is 174 Å². The SMILES string of the molecule is Cc1ncccc1N1C(=O)NC2=C(C(=O)N[C@@H]3CCCNC3)SC3NCCC1C23. The summed E-state index contributed by atoms with van der Waals surface area (Å²) in [6.45, 7) is 4.54. The molecule has 1 aromatic heterocycles. The van der Waals surface area contributed by atoms with E-state index in [1.54, 1.807) is 18.0 Å². The van der Waals surface area contributed by atoms with Crippen molar-refractivity contribution in [3.8, 4) is 0 Å². The van der Waals surface area contributed by atoms with E-state index in [0.717, 1.165) is 56.0 Å². The molecular formula is C20H26N6O2S. The number of piperidine rings is 2. The first-order valence-electron chi connectivity index (χ1n) is 10.3. The summed E-state index contributed by atoms with van der Waals surface area (Å²) in [4.78, 5) is 33.0. The van der Waals surface area contributed by atoms with Gasteiger partial charge in [-0.25, -0.2) is 4.79 Å². The highest BCUT2D eigenvalue weighted by atomic mass is 32.2. The van der Waals surface area contributed by atoms with Crippen molar-refractivity contribution in [2.75, 3.05) is 24.5 Å². The number of hydrogen-bond donors (Lipinski definition) is 4. The summed E-state index contributed by atoms with van der Waals surface area (Å²) < 4.78 is 0. The normalized spacial score (nSPS) is 31.3. The van der Waals surface area contributed by atoms with Crippen LogP contribution in [0.3, 0.4) is 0 Å². The van der Waals surface area contributed by atoms with Gasteiger partial charge in [0.15, 0.2) is 0 Å². The molecule has 3 saturated heterocycles. The van der Waals surface area contributed by atoms with Crippen LogP contribution >= 0.6 is 11.8 Å². The number of aromatic nitrogens is 1. The molecule has 4 atom stereocenters. The van der Waals surface area contributed by atoms with E-state index in [4.69, 9.17) is 0 Å². The van der Waals surface area contributed by atoms with Gasteiger partial charge in [0.05, 0.1) is 27.7 Å². The lowest BCUT2D eigenvalue weighted by atomic mass is 9.86. The number of anilines is 1. The minimum absolute atomic E-state index is 0.0158. The second-order valence-electron chi connectivity index (χ2n) is 8.04. The maximum atomic E-state index is 13.1. The lowest BCUT2D eigenvalue weighted by Gasteiger charge is -2.46. The average molecular weight is 415 g/mol. The monoisotopic (exact) mass is 414 g/mol. The highest BCUT2D eigenvalue weighted by Crippen LogP contribution is 2.48. The zero-order valence-corrected chi connectivity index (χ0v) is 17.2. The predicted octanol–water partition coefficient (Wildman–Crippen LogP) is 1.05. The Kier molecular flexibility index (Phi) is 4.97.